The van der Waals surface area contributed by atoms with Crippen LogP contribution in [0.25, 0.3) is 0 Å². The number of hydrogen-bond acceptors (Lipinski definition) is 2. The average molecular weight is 325 g/mol. The Morgan fingerprint density at radius 1 is 1.29 bits per heavy atom. The van der Waals surface area contributed by atoms with Crippen molar-refractivity contribution in [2.45, 2.75) is 19.4 Å². The van der Waals surface area contributed by atoms with Crippen LogP contribution in [0.2, 0.25) is 0 Å². The van der Waals surface area contributed by atoms with Gasteiger partial charge in [-0.2, -0.15) is 0 Å². The maximum Gasteiger partial charge on any atom is 0.178 e. The smallest absolute Gasteiger partial charge is 0.178 e. The minimum atomic E-state index is -0.370. The molecule has 0 amide bonds. The number of carbonyl (C=O) groups excluding carboxylic acids is 1. The normalized spacial score (nSPS) is 26.0. The minimum Gasteiger partial charge on any atom is -0.368 e. The van der Waals surface area contributed by atoms with Gasteiger partial charge in [-0.05, 0) is 12.0 Å². The van der Waals surface area contributed by atoms with E-state index in [9.17, 15) is 4.79 Å². The van der Waals surface area contributed by atoms with Crippen LogP contribution in [0.3, 0.4) is 0 Å². The number of benzene rings is 1. The lowest BCUT2D eigenvalue weighted by molar-refractivity contribution is -0.122. The van der Waals surface area contributed by atoms with Crippen molar-refractivity contribution < 1.29 is 9.53 Å². The second-order valence-corrected chi connectivity index (χ2v) is 6.00. The van der Waals surface area contributed by atoms with E-state index in [1.165, 1.54) is 0 Å². The van der Waals surface area contributed by atoms with E-state index in [0.29, 0.717) is 11.6 Å². The SMILES string of the molecule is C=CCOC1C(Cl)=C(Cl)C(=O)C(C)C1Cc1ccccc1. The Morgan fingerprint density at radius 2 is 1.95 bits per heavy atom. The molecular formula is C17H18Cl2O2. The Morgan fingerprint density at radius 3 is 2.57 bits per heavy atom. The van der Waals surface area contributed by atoms with Gasteiger partial charge in [-0.25, -0.2) is 0 Å². The van der Waals surface area contributed by atoms with Crippen LogP contribution in [-0.4, -0.2) is 18.5 Å². The van der Waals surface area contributed by atoms with E-state index in [1.807, 2.05) is 37.3 Å². The summed E-state index contributed by atoms with van der Waals surface area (Å²) in [4.78, 5) is 12.2. The molecular weight excluding hydrogens is 307 g/mol. The van der Waals surface area contributed by atoms with E-state index >= 15 is 0 Å². The molecule has 112 valence electrons. The van der Waals surface area contributed by atoms with Gasteiger partial charge in [0.05, 0.1) is 17.7 Å². The Kier molecular flexibility index (Phi) is 5.63. The predicted octanol–water partition coefficient (Wildman–Crippen LogP) is 4.32. The van der Waals surface area contributed by atoms with Crippen molar-refractivity contribution in [3.8, 4) is 0 Å². The molecule has 0 spiro atoms. The molecule has 1 aromatic carbocycles. The van der Waals surface area contributed by atoms with Gasteiger partial charge in [0, 0.05) is 11.8 Å². The molecule has 3 unspecified atom stereocenters. The van der Waals surface area contributed by atoms with Crippen molar-refractivity contribution in [2.24, 2.45) is 11.8 Å². The molecule has 0 fully saturated rings. The molecule has 1 aliphatic rings. The highest BCUT2D eigenvalue weighted by molar-refractivity contribution is 6.49. The third kappa shape index (κ3) is 3.57. The van der Waals surface area contributed by atoms with Crippen molar-refractivity contribution in [3.05, 3.63) is 58.6 Å². The standard InChI is InChI=1S/C17H18Cl2O2/c1-3-9-21-17-13(10-12-7-5-4-6-8-12)11(2)16(20)14(18)15(17)19/h3-8,11,13,17H,1,9-10H2,2H3. The molecule has 1 aliphatic carbocycles. The molecule has 0 heterocycles. The number of ketones is 1. The monoisotopic (exact) mass is 324 g/mol. The van der Waals surface area contributed by atoms with E-state index in [4.69, 9.17) is 27.9 Å². The lowest BCUT2D eigenvalue weighted by Gasteiger charge is -2.35. The summed E-state index contributed by atoms with van der Waals surface area (Å²) in [6.45, 7) is 5.90. The first-order chi connectivity index (χ1) is 10.1. The van der Waals surface area contributed by atoms with Crippen LogP contribution >= 0.6 is 23.2 Å². The van der Waals surface area contributed by atoms with Crippen molar-refractivity contribution in [1.82, 2.24) is 0 Å². The van der Waals surface area contributed by atoms with Gasteiger partial charge in [0.2, 0.25) is 0 Å². The van der Waals surface area contributed by atoms with Crippen molar-refractivity contribution >= 4 is 29.0 Å². The van der Waals surface area contributed by atoms with Crippen molar-refractivity contribution in [2.75, 3.05) is 6.61 Å². The Labute approximate surface area is 135 Å². The summed E-state index contributed by atoms with van der Waals surface area (Å²) < 4.78 is 5.77. The summed E-state index contributed by atoms with van der Waals surface area (Å²) in [6.07, 6.45) is 2.01. The highest BCUT2D eigenvalue weighted by Crippen LogP contribution is 2.39. The van der Waals surface area contributed by atoms with Crippen LogP contribution in [0.15, 0.2) is 53.1 Å². The lowest BCUT2D eigenvalue weighted by atomic mass is 9.77. The summed E-state index contributed by atoms with van der Waals surface area (Å²) in [5.41, 5.74) is 1.15. The molecule has 0 saturated heterocycles. The van der Waals surface area contributed by atoms with Crippen LogP contribution in [0.4, 0.5) is 0 Å². The molecule has 0 saturated carbocycles. The maximum atomic E-state index is 12.2. The fourth-order valence-corrected chi connectivity index (χ4v) is 3.22. The van der Waals surface area contributed by atoms with Crippen molar-refractivity contribution in [1.29, 1.82) is 0 Å². The molecule has 2 nitrogen and oxygen atoms in total. The summed E-state index contributed by atoms with van der Waals surface area (Å²) in [5, 5.41) is 0.407. The zero-order chi connectivity index (χ0) is 15.4. The van der Waals surface area contributed by atoms with Crippen LogP contribution in [0.5, 0.6) is 0 Å². The van der Waals surface area contributed by atoms with Gasteiger partial charge in [-0.3, -0.25) is 4.79 Å². The van der Waals surface area contributed by atoms with Gasteiger partial charge in [-0.1, -0.05) is 66.5 Å². The Balaban J connectivity index is 2.30. The van der Waals surface area contributed by atoms with Crippen LogP contribution < -0.4 is 0 Å². The van der Waals surface area contributed by atoms with Gasteiger partial charge >= 0.3 is 0 Å². The largest absolute Gasteiger partial charge is 0.368 e. The third-order valence-electron chi connectivity index (χ3n) is 3.83. The van der Waals surface area contributed by atoms with E-state index in [0.717, 1.165) is 12.0 Å². The molecule has 21 heavy (non-hydrogen) atoms. The molecule has 1 aromatic rings. The molecule has 0 aromatic heterocycles. The number of rotatable bonds is 5. The van der Waals surface area contributed by atoms with Crippen LogP contribution in [-0.2, 0) is 16.0 Å². The van der Waals surface area contributed by atoms with Gasteiger partial charge < -0.3 is 4.74 Å². The van der Waals surface area contributed by atoms with E-state index < -0.39 is 0 Å². The number of hydrogen-bond donors (Lipinski definition) is 0. The van der Waals surface area contributed by atoms with E-state index in [2.05, 4.69) is 6.58 Å². The summed E-state index contributed by atoms with van der Waals surface area (Å²) in [7, 11) is 0. The number of carbonyl (C=O) groups is 1. The van der Waals surface area contributed by atoms with Gasteiger partial charge in [-0.15, -0.1) is 6.58 Å². The zero-order valence-electron chi connectivity index (χ0n) is 11.9. The molecule has 4 heteroatoms. The van der Waals surface area contributed by atoms with E-state index in [-0.39, 0.29) is 28.8 Å². The second kappa shape index (κ2) is 7.26. The first-order valence-corrected chi connectivity index (χ1v) is 7.67. The number of Topliss-reactive ketones (excluding diaryl/α,β-unsaturated/α-hetero) is 1. The van der Waals surface area contributed by atoms with Crippen LogP contribution in [0, 0.1) is 11.8 Å². The Bertz CT molecular complexity index is 551. The molecule has 0 aliphatic heterocycles. The summed E-state index contributed by atoms with van der Waals surface area (Å²) in [5.74, 6) is -0.370. The highest BCUT2D eigenvalue weighted by atomic mass is 35.5. The van der Waals surface area contributed by atoms with Crippen LogP contribution in [0.1, 0.15) is 12.5 Å². The molecule has 3 atom stereocenters. The first-order valence-electron chi connectivity index (χ1n) is 6.92. The maximum absolute atomic E-state index is 12.2. The number of ether oxygens (including phenoxy) is 1. The summed E-state index contributed by atoms with van der Waals surface area (Å²) >= 11 is 12.3. The molecule has 0 radical (unpaired) electrons. The zero-order valence-corrected chi connectivity index (χ0v) is 13.4. The average Bonchev–Trinajstić information content (AvgIpc) is 2.51. The summed E-state index contributed by atoms with van der Waals surface area (Å²) in [6, 6.07) is 10.0. The molecule has 2 rings (SSSR count). The van der Waals surface area contributed by atoms with Gasteiger partial charge in [0.1, 0.15) is 5.03 Å². The molecule has 0 bridgehead atoms. The topological polar surface area (TPSA) is 26.3 Å². The van der Waals surface area contributed by atoms with Crippen molar-refractivity contribution in [3.63, 3.8) is 0 Å². The lowest BCUT2D eigenvalue weighted by Crippen LogP contribution is -2.40. The van der Waals surface area contributed by atoms with Gasteiger partial charge in [0.15, 0.2) is 5.78 Å². The quantitative estimate of drug-likeness (QED) is 0.754. The fourth-order valence-electron chi connectivity index (χ4n) is 2.63. The highest BCUT2D eigenvalue weighted by Gasteiger charge is 2.41. The minimum absolute atomic E-state index is 0.0325. The fraction of sp³-hybridized carbons (Fsp3) is 0.353. The first kappa shape index (κ1) is 16.3. The van der Waals surface area contributed by atoms with E-state index in [1.54, 1.807) is 6.08 Å². The predicted molar refractivity (Wildman–Crippen MR) is 86.5 cm³/mol. The Hall–Kier alpha value is -1.09. The number of halogens is 2. The third-order valence-corrected chi connectivity index (χ3v) is 4.72. The van der Waals surface area contributed by atoms with Gasteiger partial charge in [0.25, 0.3) is 0 Å². The number of allylic oxidation sites excluding steroid dienone is 1. The molecule has 0 N–H and O–H groups in total. The second-order valence-electron chi connectivity index (χ2n) is 5.21.